The summed E-state index contributed by atoms with van der Waals surface area (Å²) in [6.45, 7) is 4.66. The van der Waals surface area contributed by atoms with Crippen molar-refractivity contribution in [3.05, 3.63) is 53.0 Å². The third-order valence-electron chi connectivity index (χ3n) is 5.06. The Morgan fingerprint density at radius 2 is 2.12 bits per heavy atom. The van der Waals surface area contributed by atoms with Crippen LogP contribution in [0.2, 0.25) is 0 Å². The Morgan fingerprint density at radius 3 is 2.92 bits per heavy atom. The maximum Gasteiger partial charge on any atom is 0.0991 e. The second-order valence-electron chi connectivity index (χ2n) is 6.76. The van der Waals surface area contributed by atoms with Gasteiger partial charge in [0.05, 0.1) is 26.9 Å². The van der Waals surface area contributed by atoms with Crippen LogP contribution < -0.4 is 0 Å². The smallest absolute Gasteiger partial charge is 0.0991 e. The van der Waals surface area contributed by atoms with Crippen LogP contribution in [0.25, 0.3) is 21.3 Å². The van der Waals surface area contributed by atoms with E-state index in [9.17, 15) is 0 Å². The van der Waals surface area contributed by atoms with Crippen molar-refractivity contribution < 1.29 is 0 Å². The number of thiazole rings is 1. The number of fused-ring (bicyclic) bond motifs is 1. The molecule has 4 rings (SSSR count). The number of likely N-dealkylation sites (tertiary alicyclic amines) is 1. The molecule has 1 aliphatic heterocycles. The number of rotatable bonds is 4. The molecule has 0 aliphatic carbocycles. The molecule has 25 heavy (non-hydrogen) atoms. The van der Waals surface area contributed by atoms with Crippen molar-refractivity contribution >= 4 is 21.6 Å². The molecule has 126 valence electrons. The number of hydrogen-bond acceptors (Lipinski definition) is 4. The first kappa shape index (κ1) is 16.3. The summed E-state index contributed by atoms with van der Waals surface area (Å²) >= 11 is 1.80. The van der Waals surface area contributed by atoms with Crippen LogP contribution in [0.5, 0.6) is 0 Å². The number of nitriles is 1. The van der Waals surface area contributed by atoms with Crippen LogP contribution in [0.15, 0.2) is 42.5 Å². The summed E-state index contributed by atoms with van der Waals surface area (Å²) in [5.41, 5.74) is 3.95. The Labute approximate surface area is 152 Å². The van der Waals surface area contributed by atoms with Crippen molar-refractivity contribution in [2.45, 2.75) is 32.2 Å². The fraction of sp³-hybridized carbons (Fsp3) is 0.333. The van der Waals surface area contributed by atoms with E-state index in [1.54, 1.807) is 11.3 Å². The molecule has 1 aromatic heterocycles. The lowest BCUT2D eigenvalue weighted by atomic mass is 10.0. The Kier molecular flexibility index (Phi) is 4.52. The predicted molar refractivity (Wildman–Crippen MR) is 104 cm³/mol. The minimum atomic E-state index is 0.691. The molecule has 4 heteroatoms. The molecule has 1 fully saturated rings. The highest BCUT2D eigenvalue weighted by atomic mass is 32.1. The van der Waals surface area contributed by atoms with Crippen LogP contribution in [0.3, 0.4) is 0 Å². The molecule has 0 unspecified atom stereocenters. The van der Waals surface area contributed by atoms with E-state index in [-0.39, 0.29) is 0 Å². The van der Waals surface area contributed by atoms with Gasteiger partial charge in [0.2, 0.25) is 0 Å². The van der Waals surface area contributed by atoms with Crippen molar-refractivity contribution in [2.24, 2.45) is 0 Å². The van der Waals surface area contributed by atoms with Crippen molar-refractivity contribution in [1.82, 2.24) is 9.88 Å². The lowest BCUT2D eigenvalue weighted by Gasteiger charge is -2.19. The van der Waals surface area contributed by atoms with Crippen LogP contribution in [-0.2, 0) is 6.42 Å². The zero-order valence-corrected chi connectivity index (χ0v) is 15.2. The van der Waals surface area contributed by atoms with E-state index in [1.165, 1.54) is 29.1 Å². The van der Waals surface area contributed by atoms with Gasteiger partial charge in [-0.15, -0.1) is 11.3 Å². The summed E-state index contributed by atoms with van der Waals surface area (Å²) in [5.74, 6) is 0. The van der Waals surface area contributed by atoms with Crippen LogP contribution in [0.1, 0.15) is 30.3 Å². The monoisotopic (exact) mass is 347 g/mol. The highest BCUT2D eigenvalue weighted by molar-refractivity contribution is 7.18. The summed E-state index contributed by atoms with van der Waals surface area (Å²) in [6, 6.07) is 17.1. The molecule has 0 N–H and O–H groups in total. The van der Waals surface area contributed by atoms with Gasteiger partial charge in [-0.05, 0) is 61.7 Å². The highest BCUT2D eigenvalue weighted by Crippen LogP contribution is 2.29. The second-order valence-corrected chi connectivity index (χ2v) is 7.88. The normalized spacial score (nSPS) is 17.8. The van der Waals surface area contributed by atoms with Gasteiger partial charge in [-0.1, -0.05) is 18.2 Å². The first-order valence-electron chi connectivity index (χ1n) is 8.87. The van der Waals surface area contributed by atoms with Gasteiger partial charge in [0.15, 0.2) is 0 Å². The van der Waals surface area contributed by atoms with E-state index in [4.69, 9.17) is 10.2 Å². The van der Waals surface area contributed by atoms with E-state index in [0.29, 0.717) is 11.6 Å². The van der Waals surface area contributed by atoms with Gasteiger partial charge in [-0.3, -0.25) is 0 Å². The standard InChI is InChI=1S/C21H21N3S/c1-15-4-3-10-24(15)11-9-21-23-19-13-18(7-8-20(19)25-21)17-6-2-5-16(12-17)14-22/h2,5-8,12-13,15H,3-4,9-11H2,1H3/t15-/m1/s1. The average molecular weight is 347 g/mol. The molecule has 2 aromatic carbocycles. The van der Waals surface area contributed by atoms with E-state index in [0.717, 1.165) is 29.6 Å². The quantitative estimate of drug-likeness (QED) is 0.676. The topological polar surface area (TPSA) is 39.9 Å². The molecule has 0 spiro atoms. The number of aromatic nitrogens is 1. The van der Waals surface area contributed by atoms with Crippen LogP contribution in [-0.4, -0.2) is 29.0 Å². The summed E-state index contributed by atoms with van der Waals surface area (Å²) in [7, 11) is 0. The number of hydrogen-bond donors (Lipinski definition) is 0. The van der Waals surface area contributed by atoms with Crippen molar-refractivity contribution in [3.8, 4) is 17.2 Å². The maximum atomic E-state index is 9.09. The van der Waals surface area contributed by atoms with Gasteiger partial charge in [0.1, 0.15) is 0 Å². The summed E-state index contributed by atoms with van der Waals surface area (Å²) in [6.07, 6.45) is 3.68. The van der Waals surface area contributed by atoms with Crippen molar-refractivity contribution in [1.29, 1.82) is 5.26 Å². The first-order valence-corrected chi connectivity index (χ1v) is 9.68. The Morgan fingerprint density at radius 1 is 1.24 bits per heavy atom. The zero-order chi connectivity index (χ0) is 17.2. The third kappa shape index (κ3) is 3.44. The highest BCUT2D eigenvalue weighted by Gasteiger charge is 2.20. The van der Waals surface area contributed by atoms with Crippen LogP contribution in [0, 0.1) is 11.3 Å². The van der Waals surface area contributed by atoms with E-state index < -0.39 is 0 Å². The fourth-order valence-electron chi connectivity index (χ4n) is 3.59. The molecule has 1 aliphatic rings. The van der Waals surface area contributed by atoms with Gasteiger partial charge in [0.25, 0.3) is 0 Å². The summed E-state index contributed by atoms with van der Waals surface area (Å²) in [5, 5.41) is 10.3. The van der Waals surface area contributed by atoms with E-state index >= 15 is 0 Å². The molecule has 0 bridgehead atoms. The zero-order valence-electron chi connectivity index (χ0n) is 14.4. The van der Waals surface area contributed by atoms with Gasteiger partial charge >= 0.3 is 0 Å². The molecule has 3 nitrogen and oxygen atoms in total. The predicted octanol–water partition coefficient (Wildman–Crippen LogP) is 4.86. The largest absolute Gasteiger partial charge is 0.300 e. The van der Waals surface area contributed by atoms with Crippen LogP contribution >= 0.6 is 11.3 Å². The third-order valence-corrected chi connectivity index (χ3v) is 6.16. The summed E-state index contributed by atoms with van der Waals surface area (Å²) in [4.78, 5) is 7.43. The van der Waals surface area contributed by atoms with E-state index in [2.05, 4.69) is 36.1 Å². The van der Waals surface area contributed by atoms with Gasteiger partial charge in [0, 0.05) is 19.0 Å². The number of benzene rings is 2. The molecule has 2 heterocycles. The lowest BCUT2D eigenvalue weighted by Crippen LogP contribution is -2.28. The molecule has 0 saturated carbocycles. The van der Waals surface area contributed by atoms with Crippen molar-refractivity contribution in [3.63, 3.8) is 0 Å². The molecular weight excluding hydrogens is 326 g/mol. The van der Waals surface area contributed by atoms with Gasteiger partial charge < -0.3 is 4.90 Å². The molecule has 1 saturated heterocycles. The van der Waals surface area contributed by atoms with Crippen molar-refractivity contribution in [2.75, 3.05) is 13.1 Å². The first-order chi connectivity index (χ1) is 12.2. The minimum absolute atomic E-state index is 0.691. The Bertz CT molecular complexity index is 938. The van der Waals surface area contributed by atoms with E-state index in [1.807, 2.05) is 24.3 Å². The molecular formula is C21H21N3S. The lowest BCUT2D eigenvalue weighted by molar-refractivity contribution is 0.272. The summed E-state index contributed by atoms with van der Waals surface area (Å²) < 4.78 is 1.24. The maximum absolute atomic E-state index is 9.09. The Balaban J connectivity index is 1.55. The van der Waals surface area contributed by atoms with Gasteiger partial charge in [-0.25, -0.2) is 4.98 Å². The Hall–Kier alpha value is -2.22. The second kappa shape index (κ2) is 6.95. The average Bonchev–Trinajstić information content (AvgIpc) is 3.24. The number of nitrogens with zero attached hydrogens (tertiary/aromatic N) is 3. The molecule has 0 radical (unpaired) electrons. The minimum Gasteiger partial charge on any atom is -0.300 e. The SMILES string of the molecule is C[C@@H]1CCCN1CCc1nc2cc(-c3cccc(C#N)c3)ccc2s1. The molecule has 0 amide bonds. The van der Waals surface area contributed by atoms with Crippen LogP contribution in [0.4, 0.5) is 0 Å². The molecule has 3 aromatic rings. The molecule has 1 atom stereocenters. The van der Waals surface area contributed by atoms with Gasteiger partial charge in [-0.2, -0.15) is 5.26 Å². The fourth-order valence-corrected chi connectivity index (χ4v) is 4.53.